The molecule has 2 N–H and O–H groups in total. The van der Waals surface area contributed by atoms with E-state index in [0.29, 0.717) is 0 Å². The molecule has 0 aromatic rings. The summed E-state index contributed by atoms with van der Waals surface area (Å²) in [7, 11) is 1.84. The van der Waals surface area contributed by atoms with Crippen molar-refractivity contribution in [3.05, 3.63) is 0 Å². The van der Waals surface area contributed by atoms with Gasteiger partial charge in [-0.1, -0.05) is 0 Å². The molecular formula is C7H13BO4. The van der Waals surface area contributed by atoms with Crippen LogP contribution in [-0.4, -0.2) is 54.6 Å². The van der Waals surface area contributed by atoms with Crippen LogP contribution in [0.4, 0.5) is 0 Å². The Hall–Kier alpha value is -0.0951. The van der Waals surface area contributed by atoms with E-state index in [2.05, 4.69) is 0 Å². The number of rotatable bonds is 1. The number of hydrogen-bond donors (Lipinski definition) is 2. The maximum atomic E-state index is 9.71. The minimum atomic E-state index is -0.871. The van der Waals surface area contributed by atoms with Gasteiger partial charge >= 0.3 is 0 Å². The van der Waals surface area contributed by atoms with Crippen molar-refractivity contribution >= 4 is 7.85 Å². The lowest BCUT2D eigenvalue weighted by Crippen LogP contribution is -2.49. The van der Waals surface area contributed by atoms with E-state index in [4.69, 9.17) is 14.6 Å². The molecule has 0 saturated carbocycles. The van der Waals surface area contributed by atoms with E-state index in [1.54, 1.807) is 0 Å². The van der Waals surface area contributed by atoms with Crippen molar-refractivity contribution in [2.75, 3.05) is 6.61 Å². The highest BCUT2D eigenvalue weighted by Crippen LogP contribution is 2.42. The van der Waals surface area contributed by atoms with Gasteiger partial charge in [0.15, 0.2) is 0 Å². The van der Waals surface area contributed by atoms with Crippen molar-refractivity contribution in [3.63, 3.8) is 0 Å². The summed E-state index contributed by atoms with van der Waals surface area (Å²) in [4.78, 5) is 0. The van der Waals surface area contributed by atoms with E-state index in [1.165, 1.54) is 0 Å². The zero-order valence-electron chi connectivity index (χ0n) is 7.23. The molecule has 0 amide bonds. The Bertz CT molecular complexity index is 200. The van der Waals surface area contributed by atoms with E-state index in [9.17, 15) is 5.11 Å². The lowest BCUT2D eigenvalue weighted by atomic mass is 9.91. The highest BCUT2D eigenvalue weighted by Gasteiger charge is 2.63. The van der Waals surface area contributed by atoms with Crippen molar-refractivity contribution in [1.82, 2.24) is 0 Å². The zero-order valence-corrected chi connectivity index (χ0v) is 7.23. The van der Waals surface area contributed by atoms with Crippen LogP contribution < -0.4 is 0 Å². The van der Waals surface area contributed by atoms with Crippen LogP contribution in [-0.2, 0) is 9.47 Å². The molecule has 0 aromatic carbocycles. The molecule has 0 aromatic heterocycles. The van der Waals surface area contributed by atoms with Gasteiger partial charge in [-0.25, -0.2) is 0 Å². The van der Waals surface area contributed by atoms with Gasteiger partial charge in [0.2, 0.25) is 0 Å². The maximum Gasteiger partial charge on any atom is 0.145 e. The van der Waals surface area contributed by atoms with Gasteiger partial charge in [0.25, 0.3) is 0 Å². The fraction of sp³-hybridized carbons (Fsp3) is 1.00. The zero-order chi connectivity index (χ0) is 8.93. The number of aliphatic hydroxyl groups is 2. The van der Waals surface area contributed by atoms with Gasteiger partial charge in [-0.2, -0.15) is 0 Å². The Morgan fingerprint density at radius 2 is 2.25 bits per heavy atom. The summed E-state index contributed by atoms with van der Waals surface area (Å²) in [5, 5.41) is 18.8. The first kappa shape index (κ1) is 8.50. The Morgan fingerprint density at radius 3 is 2.58 bits per heavy atom. The van der Waals surface area contributed by atoms with Crippen LogP contribution in [0.1, 0.15) is 6.92 Å². The monoisotopic (exact) mass is 172 g/mol. The van der Waals surface area contributed by atoms with E-state index < -0.39 is 11.7 Å². The molecule has 2 rings (SSSR count). The average Bonchev–Trinajstić information content (AvgIpc) is 2.41. The van der Waals surface area contributed by atoms with Crippen LogP contribution >= 0.6 is 0 Å². The summed E-state index contributed by atoms with van der Waals surface area (Å²) in [6.45, 7) is 1.63. The number of ether oxygens (including phenoxy) is 2. The highest BCUT2D eigenvalue weighted by atomic mass is 16.6. The van der Waals surface area contributed by atoms with Gasteiger partial charge in [0.1, 0.15) is 25.7 Å². The fourth-order valence-electron chi connectivity index (χ4n) is 2.15. The summed E-state index contributed by atoms with van der Waals surface area (Å²) in [5.74, 6) is 0. The second kappa shape index (κ2) is 2.45. The third kappa shape index (κ3) is 0.772. The van der Waals surface area contributed by atoms with Gasteiger partial charge in [-0.05, 0) is 6.92 Å². The van der Waals surface area contributed by atoms with E-state index >= 15 is 0 Å². The Balaban J connectivity index is 2.30. The van der Waals surface area contributed by atoms with Gasteiger partial charge in [0, 0.05) is 0 Å². The molecule has 2 saturated heterocycles. The average molecular weight is 172 g/mol. The largest absolute Gasteiger partial charge is 0.393 e. The van der Waals surface area contributed by atoms with Crippen LogP contribution in [0, 0.1) is 0 Å². The SMILES string of the molecule is B[C@@H]1O[C@@]2(CO)[C@@H](C)O[C@@H]1[C@@H]2O. The third-order valence-corrected chi connectivity index (χ3v) is 2.98. The number of aliphatic hydroxyl groups excluding tert-OH is 2. The normalized spacial score (nSPS) is 57.9. The van der Waals surface area contributed by atoms with E-state index in [1.807, 2.05) is 14.8 Å². The maximum absolute atomic E-state index is 9.71. The fourth-order valence-corrected chi connectivity index (χ4v) is 2.15. The predicted octanol–water partition coefficient (Wildman–Crippen LogP) is -2.14. The lowest BCUT2D eigenvalue weighted by molar-refractivity contribution is -0.173. The van der Waals surface area contributed by atoms with Crippen LogP contribution in [0.5, 0.6) is 0 Å². The predicted molar refractivity (Wildman–Crippen MR) is 43.6 cm³/mol. The molecule has 5 atom stereocenters. The third-order valence-electron chi connectivity index (χ3n) is 2.98. The van der Waals surface area contributed by atoms with Gasteiger partial charge < -0.3 is 19.7 Å². The highest BCUT2D eigenvalue weighted by molar-refractivity contribution is 6.11. The molecule has 0 unspecified atom stereocenters. The summed E-state index contributed by atoms with van der Waals surface area (Å²) >= 11 is 0. The van der Waals surface area contributed by atoms with Crippen molar-refractivity contribution in [2.45, 2.75) is 36.8 Å². The Labute approximate surface area is 71.9 Å². The Kier molecular flexibility index (Phi) is 1.73. The van der Waals surface area contributed by atoms with Crippen molar-refractivity contribution < 1.29 is 19.7 Å². The molecule has 0 aliphatic carbocycles. The second-order valence-corrected chi connectivity index (χ2v) is 3.62. The quantitative estimate of drug-likeness (QED) is 0.443. The topological polar surface area (TPSA) is 58.9 Å². The lowest BCUT2D eigenvalue weighted by Gasteiger charge is -2.33. The smallest absolute Gasteiger partial charge is 0.145 e. The van der Waals surface area contributed by atoms with Crippen LogP contribution in [0.3, 0.4) is 0 Å². The van der Waals surface area contributed by atoms with Crippen LogP contribution in [0.15, 0.2) is 0 Å². The molecule has 0 spiro atoms. The molecule has 5 heteroatoms. The molecule has 4 nitrogen and oxygen atoms in total. The van der Waals surface area contributed by atoms with Gasteiger partial charge in [-0.15, -0.1) is 0 Å². The minimum absolute atomic E-state index is 0.122. The first-order valence-corrected chi connectivity index (χ1v) is 4.24. The van der Waals surface area contributed by atoms with Crippen molar-refractivity contribution in [3.8, 4) is 0 Å². The summed E-state index contributed by atoms with van der Waals surface area (Å²) in [5.41, 5.74) is -0.871. The van der Waals surface area contributed by atoms with E-state index in [-0.39, 0.29) is 24.8 Å². The molecular weight excluding hydrogens is 159 g/mol. The number of fused-ring (bicyclic) bond motifs is 2. The Morgan fingerprint density at radius 1 is 1.58 bits per heavy atom. The van der Waals surface area contributed by atoms with Crippen molar-refractivity contribution in [2.24, 2.45) is 0 Å². The first-order chi connectivity index (χ1) is 5.62. The molecule has 2 aliphatic rings. The van der Waals surface area contributed by atoms with Crippen LogP contribution in [0.25, 0.3) is 0 Å². The van der Waals surface area contributed by atoms with Gasteiger partial charge in [0.05, 0.1) is 18.7 Å². The molecule has 2 bridgehead atoms. The summed E-state index contributed by atoms with van der Waals surface area (Å²) in [6.07, 6.45) is -1.18. The van der Waals surface area contributed by atoms with Gasteiger partial charge in [-0.3, -0.25) is 0 Å². The molecule has 2 aliphatic heterocycles. The molecule has 68 valence electrons. The number of hydrogen-bond acceptors (Lipinski definition) is 4. The summed E-state index contributed by atoms with van der Waals surface area (Å²) < 4.78 is 10.9. The van der Waals surface area contributed by atoms with E-state index in [0.717, 1.165) is 0 Å². The molecule has 2 heterocycles. The minimum Gasteiger partial charge on any atom is -0.393 e. The molecule has 2 fully saturated rings. The second-order valence-electron chi connectivity index (χ2n) is 3.62. The van der Waals surface area contributed by atoms with Crippen molar-refractivity contribution in [1.29, 1.82) is 0 Å². The molecule has 0 radical (unpaired) electrons. The summed E-state index contributed by atoms with van der Waals surface area (Å²) in [6, 6.07) is -0.122. The first-order valence-electron chi connectivity index (χ1n) is 4.24. The standard InChI is InChI=1S/C7H13BO4/c1-3-7(2-9)5(10)4(11-3)6(8)12-7/h3-6,9-10H,2,8H2,1H3/t3-,4-,5+,6-,7+/m1/s1. The van der Waals surface area contributed by atoms with Crippen LogP contribution in [0.2, 0.25) is 0 Å². The molecule has 12 heavy (non-hydrogen) atoms.